The first-order valence-corrected chi connectivity index (χ1v) is 11.4. The van der Waals surface area contributed by atoms with Crippen LogP contribution in [0, 0.1) is 5.41 Å². The molecule has 5 nitrogen and oxygen atoms in total. The lowest BCUT2D eigenvalue weighted by atomic mass is 9.62. The molecule has 3 rings (SSSR count). The van der Waals surface area contributed by atoms with Crippen molar-refractivity contribution in [2.75, 3.05) is 26.2 Å². The van der Waals surface area contributed by atoms with Crippen LogP contribution in [0.15, 0.2) is 18.2 Å². The summed E-state index contributed by atoms with van der Waals surface area (Å²) >= 11 is 0. The van der Waals surface area contributed by atoms with Gasteiger partial charge in [0.15, 0.2) is 0 Å². The van der Waals surface area contributed by atoms with Crippen molar-refractivity contribution in [2.24, 2.45) is 11.1 Å². The van der Waals surface area contributed by atoms with Crippen molar-refractivity contribution in [2.45, 2.75) is 71.1 Å². The molecular weight excluding hydrogens is 362 g/mol. The smallest absolute Gasteiger partial charge is 0.248 e. The summed E-state index contributed by atoms with van der Waals surface area (Å²) in [7, 11) is 0. The van der Waals surface area contributed by atoms with Gasteiger partial charge in [0.1, 0.15) is 0 Å². The van der Waals surface area contributed by atoms with E-state index in [1.165, 1.54) is 30.4 Å². The van der Waals surface area contributed by atoms with E-state index in [0.29, 0.717) is 23.3 Å². The summed E-state index contributed by atoms with van der Waals surface area (Å²) in [5.41, 5.74) is 9.27. The average Bonchev–Trinajstić information content (AvgIpc) is 2.72. The molecular formula is C24H37N3O2. The van der Waals surface area contributed by atoms with E-state index in [2.05, 4.69) is 11.4 Å². The summed E-state index contributed by atoms with van der Waals surface area (Å²) in [4.78, 5) is 25.9. The van der Waals surface area contributed by atoms with E-state index in [9.17, 15) is 9.59 Å². The molecule has 1 aliphatic carbocycles. The summed E-state index contributed by atoms with van der Waals surface area (Å²) in [5, 5.41) is 3.50. The minimum absolute atomic E-state index is 0.268. The predicted octanol–water partition coefficient (Wildman–Crippen LogP) is 3.61. The number of hydrogen-bond donors (Lipinski definition) is 2. The molecule has 2 aliphatic rings. The normalized spacial score (nSPS) is 20.3. The van der Waals surface area contributed by atoms with Crippen molar-refractivity contribution in [3.05, 3.63) is 34.9 Å². The minimum Gasteiger partial charge on any atom is -0.366 e. The van der Waals surface area contributed by atoms with E-state index in [4.69, 9.17) is 5.73 Å². The van der Waals surface area contributed by atoms with Crippen molar-refractivity contribution in [3.8, 4) is 0 Å². The molecule has 160 valence electrons. The van der Waals surface area contributed by atoms with Crippen LogP contribution in [0.3, 0.4) is 0 Å². The number of nitrogens with two attached hydrogens (primary N) is 1. The molecule has 1 saturated heterocycles. The quantitative estimate of drug-likeness (QED) is 0.656. The number of carbonyl (C=O) groups is 2. The summed E-state index contributed by atoms with van der Waals surface area (Å²) < 4.78 is 0. The zero-order valence-electron chi connectivity index (χ0n) is 18.1. The van der Waals surface area contributed by atoms with Gasteiger partial charge >= 0.3 is 0 Å². The Morgan fingerprint density at radius 2 is 1.90 bits per heavy atom. The molecule has 1 aliphatic heterocycles. The number of unbranched alkanes of at least 4 members (excludes halogenated alkanes) is 1. The number of amides is 2. The van der Waals surface area contributed by atoms with Gasteiger partial charge in [-0.25, -0.2) is 0 Å². The molecule has 1 aromatic rings. The maximum atomic E-state index is 12.3. The molecule has 1 unspecified atom stereocenters. The molecule has 3 N–H and O–H groups in total. The zero-order valence-corrected chi connectivity index (χ0v) is 18.1. The standard InChI is InChI=1S/C24H37N3O2/c1-3-27(4-2)22(28)8-6-5-7-19-16-24(11-13-26-14-12-24)17-20-10-9-18(23(25)29)15-21(19)20/h9-10,15,19,26H,3-8,11-14,16-17H2,1-2H3,(H2,25,29). The molecule has 2 amide bonds. The van der Waals surface area contributed by atoms with Crippen molar-refractivity contribution >= 4 is 11.8 Å². The largest absolute Gasteiger partial charge is 0.366 e. The topological polar surface area (TPSA) is 75.4 Å². The number of hydrogen-bond acceptors (Lipinski definition) is 3. The maximum Gasteiger partial charge on any atom is 0.248 e. The van der Waals surface area contributed by atoms with E-state index in [0.717, 1.165) is 51.9 Å². The first kappa shape index (κ1) is 21.8. The highest BCUT2D eigenvalue weighted by atomic mass is 16.2. The number of benzene rings is 1. The van der Waals surface area contributed by atoms with Gasteiger partial charge in [0, 0.05) is 25.1 Å². The van der Waals surface area contributed by atoms with E-state index >= 15 is 0 Å². The van der Waals surface area contributed by atoms with Crippen LogP contribution in [0.5, 0.6) is 0 Å². The highest BCUT2D eigenvalue weighted by Gasteiger charge is 2.39. The van der Waals surface area contributed by atoms with Crippen molar-refractivity contribution in [1.82, 2.24) is 10.2 Å². The molecule has 1 aromatic carbocycles. The minimum atomic E-state index is -0.349. The van der Waals surface area contributed by atoms with Gasteiger partial charge in [-0.3, -0.25) is 9.59 Å². The van der Waals surface area contributed by atoms with Gasteiger partial charge in [-0.1, -0.05) is 12.5 Å². The van der Waals surface area contributed by atoms with Gasteiger partial charge in [-0.15, -0.1) is 0 Å². The van der Waals surface area contributed by atoms with Crippen molar-refractivity contribution < 1.29 is 9.59 Å². The predicted molar refractivity (Wildman–Crippen MR) is 117 cm³/mol. The number of piperidine rings is 1. The highest BCUT2D eigenvalue weighted by Crippen LogP contribution is 2.49. The molecule has 29 heavy (non-hydrogen) atoms. The second-order valence-corrected chi connectivity index (χ2v) is 8.92. The molecule has 1 atom stereocenters. The van der Waals surface area contributed by atoms with Crippen LogP contribution in [0.25, 0.3) is 0 Å². The van der Waals surface area contributed by atoms with Crippen molar-refractivity contribution in [1.29, 1.82) is 0 Å². The fourth-order valence-electron chi connectivity index (χ4n) is 5.40. The van der Waals surface area contributed by atoms with E-state index in [1.54, 1.807) is 0 Å². The first-order valence-electron chi connectivity index (χ1n) is 11.4. The summed E-state index contributed by atoms with van der Waals surface area (Å²) in [5.74, 6) is 0.378. The molecule has 0 bridgehead atoms. The summed E-state index contributed by atoms with van der Waals surface area (Å²) in [6.07, 6.45) is 8.45. The third-order valence-electron chi connectivity index (χ3n) is 7.09. The Morgan fingerprint density at radius 1 is 1.17 bits per heavy atom. The Hall–Kier alpha value is -1.88. The molecule has 1 fully saturated rings. The SMILES string of the molecule is CCN(CC)C(=O)CCCCC1CC2(CCNCC2)Cc2ccc(C(N)=O)cc21. The number of nitrogens with one attached hydrogen (secondary N) is 1. The number of rotatable bonds is 8. The van der Waals surface area contributed by atoms with Gasteiger partial charge in [-0.2, -0.15) is 0 Å². The second-order valence-electron chi connectivity index (χ2n) is 8.92. The fraction of sp³-hybridized carbons (Fsp3) is 0.667. The van der Waals surface area contributed by atoms with Gasteiger partial charge in [0.05, 0.1) is 0 Å². The van der Waals surface area contributed by atoms with Gasteiger partial charge < -0.3 is 16.0 Å². The Morgan fingerprint density at radius 3 is 2.55 bits per heavy atom. The number of nitrogens with zero attached hydrogens (tertiary/aromatic N) is 1. The number of primary amides is 1. The second kappa shape index (κ2) is 9.75. The fourth-order valence-corrected chi connectivity index (χ4v) is 5.40. The summed E-state index contributed by atoms with van der Waals surface area (Å²) in [6, 6.07) is 6.06. The zero-order chi connectivity index (χ0) is 20.9. The van der Waals surface area contributed by atoms with Gasteiger partial charge in [0.25, 0.3) is 0 Å². The number of fused-ring (bicyclic) bond motifs is 1. The highest BCUT2D eigenvalue weighted by molar-refractivity contribution is 5.93. The molecule has 0 aromatic heterocycles. The van der Waals surface area contributed by atoms with Crippen LogP contribution >= 0.6 is 0 Å². The monoisotopic (exact) mass is 399 g/mol. The van der Waals surface area contributed by atoms with Crippen LogP contribution in [-0.2, 0) is 11.2 Å². The molecule has 1 spiro atoms. The molecule has 0 radical (unpaired) electrons. The molecule has 0 saturated carbocycles. The molecule has 5 heteroatoms. The molecule has 1 heterocycles. The third-order valence-corrected chi connectivity index (χ3v) is 7.09. The van der Waals surface area contributed by atoms with Crippen LogP contribution in [0.4, 0.5) is 0 Å². The first-order chi connectivity index (χ1) is 14.0. The van der Waals surface area contributed by atoms with Crippen LogP contribution in [-0.4, -0.2) is 42.9 Å². The summed E-state index contributed by atoms with van der Waals surface area (Å²) in [6.45, 7) is 7.85. The number of carbonyl (C=O) groups excluding carboxylic acids is 2. The van der Waals surface area contributed by atoms with Crippen LogP contribution < -0.4 is 11.1 Å². The maximum absolute atomic E-state index is 12.3. The lowest BCUT2D eigenvalue weighted by Gasteiger charge is -2.45. The van der Waals surface area contributed by atoms with Gasteiger partial charge in [0.2, 0.25) is 11.8 Å². The van der Waals surface area contributed by atoms with E-state index in [1.807, 2.05) is 30.9 Å². The third kappa shape index (κ3) is 5.19. The lowest BCUT2D eigenvalue weighted by Crippen LogP contribution is -2.41. The Balaban J connectivity index is 1.69. The van der Waals surface area contributed by atoms with E-state index in [-0.39, 0.29) is 11.8 Å². The Bertz CT molecular complexity index is 721. The van der Waals surface area contributed by atoms with Crippen LogP contribution in [0.1, 0.15) is 86.2 Å². The van der Waals surface area contributed by atoms with Gasteiger partial charge in [-0.05, 0) is 100 Å². The van der Waals surface area contributed by atoms with E-state index < -0.39 is 0 Å². The van der Waals surface area contributed by atoms with Crippen molar-refractivity contribution in [3.63, 3.8) is 0 Å². The Labute approximate surface area is 175 Å². The Kier molecular flexibility index (Phi) is 7.33. The lowest BCUT2D eigenvalue weighted by molar-refractivity contribution is -0.130. The van der Waals surface area contributed by atoms with Crippen LogP contribution in [0.2, 0.25) is 0 Å². The average molecular weight is 400 g/mol.